The zero-order valence-electron chi connectivity index (χ0n) is 10.6. The molecule has 0 amide bonds. The van der Waals surface area contributed by atoms with Crippen LogP contribution in [0, 0.1) is 17.0 Å². The van der Waals surface area contributed by atoms with Crippen LogP contribution in [0.3, 0.4) is 0 Å². The molecule has 0 saturated heterocycles. The molecule has 0 N–H and O–H groups in total. The van der Waals surface area contributed by atoms with Crippen LogP contribution in [0.25, 0.3) is 16.7 Å². The summed E-state index contributed by atoms with van der Waals surface area (Å²) in [6, 6.07) is 7.86. The summed E-state index contributed by atoms with van der Waals surface area (Å²) in [5, 5.41) is 11.3. The van der Waals surface area contributed by atoms with Crippen LogP contribution < -0.4 is 5.56 Å². The van der Waals surface area contributed by atoms with Crippen molar-refractivity contribution in [2.24, 2.45) is 0 Å². The topological polar surface area (TPSA) is 78.3 Å². The van der Waals surface area contributed by atoms with Gasteiger partial charge in [-0.25, -0.2) is 0 Å². The van der Waals surface area contributed by atoms with Gasteiger partial charge in [0.1, 0.15) is 5.58 Å². The Hall–Kier alpha value is -2.89. The van der Waals surface area contributed by atoms with Gasteiger partial charge in [-0.15, -0.1) is 0 Å². The Labute approximate surface area is 113 Å². The molecule has 0 saturated carbocycles. The second kappa shape index (κ2) is 4.34. The van der Waals surface area contributed by atoms with E-state index in [9.17, 15) is 14.9 Å². The standard InChI is InChI=1S/C14H10N2O4/c1-9-8-10(2-3-12(9)16(18)19)15-6-4-13-11(14(15)17)5-7-20-13/h2-8H,1H3. The summed E-state index contributed by atoms with van der Waals surface area (Å²) >= 11 is 0. The van der Waals surface area contributed by atoms with E-state index in [1.807, 2.05) is 0 Å². The van der Waals surface area contributed by atoms with Crippen molar-refractivity contribution in [3.8, 4) is 5.69 Å². The molecular weight excluding hydrogens is 260 g/mol. The Balaban J connectivity index is 2.21. The summed E-state index contributed by atoms with van der Waals surface area (Å²) in [6.45, 7) is 1.64. The first kappa shape index (κ1) is 12.2. The zero-order valence-corrected chi connectivity index (χ0v) is 10.6. The molecule has 0 unspecified atom stereocenters. The maximum Gasteiger partial charge on any atom is 0.272 e. The fourth-order valence-electron chi connectivity index (χ4n) is 2.16. The number of aryl methyl sites for hydroxylation is 1. The fraction of sp³-hybridized carbons (Fsp3) is 0.0714. The molecule has 0 fully saturated rings. The van der Waals surface area contributed by atoms with Gasteiger partial charge in [0, 0.05) is 23.5 Å². The van der Waals surface area contributed by atoms with E-state index in [1.165, 1.54) is 16.9 Å². The monoisotopic (exact) mass is 270 g/mol. The van der Waals surface area contributed by atoms with Gasteiger partial charge in [0.05, 0.1) is 16.6 Å². The Bertz CT molecular complexity index is 876. The molecule has 6 heteroatoms. The predicted octanol–water partition coefficient (Wildman–Crippen LogP) is 2.80. The molecule has 6 nitrogen and oxygen atoms in total. The van der Waals surface area contributed by atoms with Gasteiger partial charge < -0.3 is 4.42 Å². The Morgan fingerprint density at radius 1 is 1.25 bits per heavy atom. The minimum Gasteiger partial charge on any atom is -0.464 e. The lowest BCUT2D eigenvalue weighted by molar-refractivity contribution is -0.385. The Morgan fingerprint density at radius 2 is 2.05 bits per heavy atom. The fourth-order valence-corrected chi connectivity index (χ4v) is 2.16. The molecular formula is C14H10N2O4. The molecule has 1 aromatic carbocycles. The number of aromatic nitrogens is 1. The van der Waals surface area contributed by atoms with Gasteiger partial charge in [-0.1, -0.05) is 0 Å². The number of hydrogen-bond acceptors (Lipinski definition) is 4. The maximum absolute atomic E-state index is 12.3. The Kier molecular flexibility index (Phi) is 2.64. The van der Waals surface area contributed by atoms with Crippen molar-refractivity contribution in [2.75, 3.05) is 0 Å². The number of pyridine rings is 1. The number of fused-ring (bicyclic) bond motifs is 1. The van der Waals surface area contributed by atoms with E-state index in [0.717, 1.165) is 0 Å². The van der Waals surface area contributed by atoms with E-state index >= 15 is 0 Å². The summed E-state index contributed by atoms with van der Waals surface area (Å²) in [5.41, 5.74) is 1.42. The molecule has 2 aromatic heterocycles. The van der Waals surface area contributed by atoms with Crippen LogP contribution in [0.4, 0.5) is 5.69 Å². The largest absolute Gasteiger partial charge is 0.464 e. The van der Waals surface area contributed by atoms with E-state index in [4.69, 9.17) is 4.42 Å². The molecule has 20 heavy (non-hydrogen) atoms. The van der Waals surface area contributed by atoms with Crippen LogP contribution in [0.2, 0.25) is 0 Å². The molecule has 0 aliphatic heterocycles. The van der Waals surface area contributed by atoms with E-state index in [2.05, 4.69) is 0 Å². The van der Waals surface area contributed by atoms with Crippen molar-refractivity contribution in [2.45, 2.75) is 6.92 Å². The summed E-state index contributed by atoms with van der Waals surface area (Å²) in [5.74, 6) is 0. The van der Waals surface area contributed by atoms with Crippen molar-refractivity contribution in [1.82, 2.24) is 4.57 Å². The average molecular weight is 270 g/mol. The van der Waals surface area contributed by atoms with Crippen LogP contribution in [0.15, 0.2) is 52.0 Å². The quantitative estimate of drug-likeness (QED) is 0.530. The highest BCUT2D eigenvalue weighted by molar-refractivity contribution is 5.76. The van der Waals surface area contributed by atoms with Gasteiger partial charge in [-0.2, -0.15) is 0 Å². The Morgan fingerprint density at radius 3 is 2.75 bits per heavy atom. The van der Waals surface area contributed by atoms with Crippen molar-refractivity contribution in [3.05, 3.63) is 68.8 Å². The van der Waals surface area contributed by atoms with Crippen LogP contribution >= 0.6 is 0 Å². The van der Waals surface area contributed by atoms with Crippen LogP contribution in [-0.2, 0) is 0 Å². The second-order valence-electron chi connectivity index (χ2n) is 4.42. The number of hydrogen-bond donors (Lipinski definition) is 0. The molecule has 0 atom stereocenters. The number of furan rings is 1. The molecule has 3 rings (SSSR count). The third-order valence-corrected chi connectivity index (χ3v) is 3.17. The van der Waals surface area contributed by atoms with Crippen LogP contribution in [-0.4, -0.2) is 9.49 Å². The summed E-state index contributed by atoms with van der Waals surface area (Å²) < 4.78 is 6.60. The number of nitrogens with zero attached hydrogens (tertiary/aromatic N) is 2. The highest BCUT2D eigenvalue weighted by Crippen LogP contribution is 2.21. The molecule has 0 aliphatic carbocycles. The van der Waals surface area contributed by atoms with E-state index < -0.39 is 4.92 Å². The molecule has 0 spiro atoms. The maximum atomic E-state index is 12.3. The number of benzene rings is 1. The van der Waals surface area contributed by atoms with Crippen LogP contribution in [0.5, 0.6) is 0 Å². The van der Waals surface area contributed by atoms with Gasteiger partial charge in [0.2, 0.25) is 0 Å². The average Bonchev–Trinajstić information content (AvgIpc) is 2.87. The highest BCUT2D eigenvalue weighted by atomic mass is 16.6. The normalized spacial score (nSPS) is 10.8. The molecule has 3 aromatic rings. The van der Waals surface area contributed by atoms with Gasteiger partial charge in [-0.3, -0.25) is 19.5 Å². The first-order chi connectivity index (χ1) is 9.58. The van der Waals surface area contributed by atoms with E-state index in [-0.39, 0.29) is 11.2 Å². The minimum atomic E-state index is -0.443. The SMILES string of the molecule is Cc1cc(-n2ccc3occc3c2=O)ccc1[N+](=O)[O-]. The van der Waals surface area contributed by atoms with Crippen molar-refractivity contribution >= 4 is 16.7 Å². The molecule has 2 heterocycles. The molecule has 100 valence electrons. The molecule has 0 aliphatic rings. The summed E-state index contributed by atoms with van der Waals surface area (Å²) in [7, 11) is 0. The summed E-state index contributed by atoms with van der Waals surface area (Å²) in [4.78, 5) is 22.6. The summed E-state index contributed by atoms with van der Waals surface area (Å²) in [6.07, 6.45) is 3.05. The third kappa shape index (κ3) is 1.78. The smallest absolute Gasteiger partial charge is 0.272 e. The van der Waals surface area contributed by atoms with Gasteiger partial charge in [0.25, 0.3) is 11.2 Å². The van der Waals surface area contributed by atoms with E-state index in [1.54, 1.807) is 37.4 Å². The van der Waals surface area contributed by atoms with Crippen LogP contribution in [0.1, 0.15) is 5.56 Å². The van der Waals surface area contributed by atoms with Gasteiger partial charge in [-0.05, 0) is 31.2 Å². The van der Waals surface area contributed by atoms with Crippen molar-refractivity contribution in [1.29, 1.82) is 0 Å². The first-order valence-corrected chi connectivity index (χ1v) is 5.92. The minimum absolute atomic E-state index is 0.0335. The lowest BCUT2D eigenvalue weighted by atomic mass is 10.1. The zero-order chi connectivity index (χ0) is 14.3. The van der Waals surface area contributed by atoms with Gasteiger partial charge in [0.15, 0.2) is 0 Å². The number of rotatable bonds is 2. The van der Waals surface area contributed by atoms with Crippen molar-refractivity contribution in [3.63, 3.8) is 0 Å². The second-order valence-corrected chi connectivity index (χ2v) is 4.42. The van der Waals surface area contributed by atoms with Crippen molar-refractivity contribution < 1.29 is 9.34 Å². The lowest BCUT2D eigenvalue weighted by Crippen LogP contribution is -2.17. The molecule has 0 radical (unpaired) electrons. The third-order valence-electron chi connectivity index (χ3n) is 3.17. The first-order valence-electron chi connectivity index (χ1n) is 5.92. The predicted molar refractivity (Wildman–Crippen MR) is 73.2 cm³/mol. The number of nitro groups is 1. The van der Waals surface area contributed by atoms with E-state index in [0.29, 0.717) is 22.2 Å². The number of nitro benzene ring substituents is 1. The van der Waals surface area contributed by atoms with Gasteiger partial charge >= 0.3 is 0 Å². The molecule has 0 bridgehead atoms. The lowest BCUT2D eigenvalue weighted by Gasteiger charge is -2.06. The highest BCUT2D eigenvalue weighted by Gasteiger charge is 2.12.